The van der Waals surface area contributed by atoms with Crippen molar-refractivity contribution in [1.29, 1.82) is 0 Å². The maximum Gasteiger partial charge on any atom is 0.186 e. The summed E-state index contributed by atoms with van der Waals surface area (Å²) < 4.78 is 21.9. The Hall–Kier alpha value is -0.530. The van der Waals surface area contributed by atoms with Gasteiger partial charge in [0.05, 0.1) is 23.4 Å². The van der Waals surface area contributed by atoms with Gasteiger partial charge in [-0.05, 0) is 34.7 Å². The highest BCUT2D eigenvalue weighted by Gasteiger charge is 2.17. The summed E-state index contributed by atoms with van der Waals surface area (Å²) in [7, 11) is 6.40. The zero-order chi connectivity index (χ0) is 12.1. The normalized spacial score (nSPS) is 10.6. The van der Waals surface area contributed by atoms with E-state index in [1.165, 1.54) is 0 Å². The number of ether oxygens (including phenoxy) is 4. The lowest BCUT2D eigenvalue weighted by atomic mass is 10.2. The summed E-state index contributed by atoms with van der Waals surface area (Å²) >= 11 is 2.19. The number of hydrogen-bond acceptors (Lipinski definition) is 4. The first-order chi connectivity index (χ1) is 7.67. The maximum atomic E-state index is 5.29. The highest BCUT2D eigenvalue weighted by molar-refractivity contribution is 14.1. The lowest BCUT2D eigenvalue weighted by Crippen LogP contribution is -2.06. The molecule has 1 rings (SSSR count). The number of halogens is 1. The molecule has 1 aromatic rings. The summed E-state index contributed by atoms with van der Waals surface area (Å²) in [5.74, 6) is 1.49. The van der Waals surface area contributed by atoms with Crippen LogP contribution in [0.5, 0.6) is 11.5 Å². The smallest absolute Gasteiger partial charge is 0.186 e. The van der Waals surface area contributed by atoms with E-state index in [4.69, 9.17) is 18.9 Å². The Morgan fingerprint density at radius 1 is 0.938 bits per heavy atom. The fourth-order valence-electron chi connectivity index (χ4n) is 1.42. The van der Waals surface area contributed by atoms with E-state index in [1.807, 2.05) is 12.1 Å². The van der Waals surface area contributed by atoms with Crippen LogP contribution in [-0.4, -0.2) is 28.4 Å². The highest BCUT2D eigenvalue weighted by Crippen LogP contribution is 2.34. The topological polar surface area (TPSA) is 36.9 Å². The Bertz CT molecular complexity index is 350. The molecule has 0 aliphatic heterocycles. The van der Waals surface area contributed by atoms with E-state index in [-0.39, 0.29) is 0 Å². The molecule has 0 N–H and O–H groups in total. The zero-order valence-corrected chi connectivity index (χ0v) is 11.9. The van der Waals surface area contributed by atoms with Crippen molar-refractivity contribution in [2.45, 2.75) is 6.29 Å². The van der Waals surface area contributed by atoms with Crippen molar-refractivity contribution in [1.82, 2.24) is 0 Å². The van der Waals surface area contributed by atoms with Gasteiger partial charge in [-0.1, -0.05) is 0 Å². The summed E-state index contributed by atoms with van der Waals surface area (Å²) in [5, 5.41) is 0. The lowest BCUT2D eigenvalue weighted by Gasteiger charge is -2.18. The summed E-state index contributed by atoms with van der Waals surface area (Å²) in [5.41, 5.74) is 0.810. The highest BCUT2D eigenvalue weighted by atomic mass is 127. The van der Waals surface area contributed by atoms with E-state index < -0.39 is 6.29 Å². The fourth-order valence-corrected chi connectivity index (χ4v) is 2.08. The lowest BCUT2D eigenvalue weighted by molar-refractivity contribution is -0.107. The number of methoxy groups -OCH3 is 4. The molecule has 5 heteroatoms. The van der Waals surface area contributed by atoms with Crippen LogP contribution in [0.2, 0.25) is 0 Å². The van der Waals surface area contributed by atoms with Gasteiger partial charge in [0.2, 0.25) is 0 Å². The first-order valence-corrected chi connectivity index (χ1v) is 5.72. The SMILES string of the molecule is COc1cc(C(OC)OC)c(OC)cc1I. The molecule has 0 saturated heterocycles. The third kappa shape index (κ3) is 2.78. The van der Waals surface area contributed by atoms with Crippen LogP contribution in [0.15, 0.2) is 12.1 Å². The van der Waals surface area contributed by atoms with Crippen molar-refractivity contribution >= 4 is 22.6 Å². The number of hydrogen-bond donors (Lipinski definition) is 0. The predicted molar refractivity (Wildman–Crippen MR) is 69.0 cm³/mol. The average Bonchev–Trinajstić information content (AvgIpc) is 2.31. The van der Waals surface area contributed by atoms with Crippen molar-refractivity contribution in [2.24, 2.45) is 0 Å². The van der Waals surface area contributed by atoms with E-state index >= 15 is 0 Å². The van der Waals surface area contributed by atoms with Gasteiger partial charge in [-0.2, -0.15) is 0 Å². The second-order valence-corrected chi connectivity index (χ2v) is 4.19. The first kappa shape index (κ1) is 13.5. The summed E-state index contributed by atoms with van der Waals surface area (Å²) in [6.45, 7) is 0. The molecule has 0 atom stereocenters. The van der Waals surface area contributed by atoms with Crippen LogP contribution in [0.25, 0.3) is 0 Å². The predicted octanol–water partition coefficient (Wildman–Crippen LogP) is 2.60. The minimum Gasteiger partial charge on any atom is -0.496 e. The summed E-state index contributed by atoms with van der Waals surface area (Å²) in [4.78, 5) is 0. The van der Waals surface area contributed by atoms with Gasteiger partial charge in [-0.15, -0.1) is 0 Å². The van der Waals surface area contributed by atoms with Crippen LogP contribution in [0, 0.1) is 3.57 Å². The van der Waals surface area contributed by atoms with Crippen LogP contribution < -0.4 is 9.47 Å². The standard InChI is InChI=1S/C11H15IO4/c1-13-9-6-8(12)10(14-2)5-7(9)11(15-3)16-4/h5-6,11H,1-4H3. The maximum absolute atomic E-state index is 5.29. The Morgan fingerprint density at radius 3 is 1.94 bits per heavy atom. The quantitative estimate of drug-likeness (QED) is 0.611. The third-order valence-electron chi connectivity index (χ3n) is 2.19. The monoisotopic (exact) mass is 338 g/mol. The fraction of sp³-hybridized carbons (Fsp3) is 0.455. The van der Waals surface area contributed by atoms with Gasteiger partial charge in [0.15, 0.2) is 6.29 Å². The van der Waals surface area contributed by atoms with E-state index in [1.54, 1.807) is 28.4 Å². The Morgan fingerprint density at radius 2 is 1.50 bits per heavy atom. The molecule has 0 unspecified atom stereocenters. The average molecular weight is 338 g/mol. The second kappa shape index (κ2) is 6.27. The van der Waals surface area contributed by atoms with Crippen LogP contribution in [0.1, 0.15) is 11.9 Å². The van der Waals surface area contributed by atoms with Gasteiger partial charge in [0, 0.05) is 14.2 Å². The van der Waals surface area contributed by atoms with Crippen LogP contribution in [0.4, 0.5) is 0 Å². The zero-order valence-electron chi connectivity index (χ0n) is 9.74. The van der Waals surface area contributed by atoms with Crippen molar-refractivity contribution in [3.8, 4) is 11.5 Å². The third-order valence-corrected chi connectivity index (χ3v) is 3.03. The molecule has 0 spiro atoms. The molecule has 0 radical (unpaired) electrons. The molecule has 0 bridgehead atoms. The Kier molecular flexibility index (Phi) is 5.30. The van der Waals surface area contributed by atoms with Crippen molar-refractivity contribution < 1.29 is 18.9 Å². The van der Waals surface area contributed by atoms with Crippen LogP contribution in [-0.2, 0) is 9.47 Å². The molecule has 0 aromatic heterocycles. The molecule has 0 fully saturated rings. The minimum atomic E-state index is -0.458. The molecule has 16 heavy (non-hydrogen) atoms. The molecule has 1 aromatic carbocycles. The molecule has 4 nitrogen and oxygen atoms in total. The van der Waals surface area contributed by atoms with Crippen molar-refractivity contribution in [2.75, 3.05) is 28.4 Å². The molecular weight excluding hydrogens is 323 g/mol. The van der Waals surface area contributed by atoms with Gasteiger partial charge >= 0.3 is 0 Å². The van der Waals surface area contributed by atoms with Crippen molar-refractivity contribution in [3.63, 3.8) is 0 Å². The minimum absolute atomic E-state index is 0.458. The molecule has 0 amide bonds. The van der Waals surface area contributed by atoms with Gasteiger partial charge < -0.3 is 18.9 Å². The van der Waals surface area contributed by atoms with Crippen LogP contribution in [0.3, 0.4) is 0 Å². The van der Waals surface area contributed by atoms with E-state index in [0.29, 0.717) is 0 Å². The van der Waals surface area contributed by atoms with Gasteiger partial charge in [-0.25, -0.2) is 0 Å². The van der Waals surface area contributed by atoms with E-state index in [9.17, 15) is 0 Å². The van der Waals surface area contributed by atoms with Crippen molar-refractivity contribution in [3.05, 3.63) is 21.3 Å². The second-order valence-electron chi connectivity index (χ2n) is 3.03. The largest absolute Gasteiger partial charge is 0.496 e. The van der Waals surface area contributed by atoms with Gasteiger partial charge in [0.1, 0.15) is 11.5 Å². The van der Waals surface area contributed by atoms with Crippen LogP contribution >= 0.6 is 22.6 Å². The molecule has 0 heterocycles. The first-order valence-electron chi connectivity index (χ1n) is 4.65. The van der Waals surface area contributed by atoms with E-state index in [2.05, 4.69) is 22.6 Å². The molecule has 0 aliphatic carbocycles. The number of benzene rings is 1. The Labute approximate surface area is 109 Å². The molecule has 0 saturated carbocycles. The summed E-state index contributed by atoms with van der Waals surface area (Å²) in [6, 6.07) is 3.75. The number of rotatable bonds is 5. The molecule has 0 aliphatic rings. The Balaban J connectivity index is 3.23. The van der Waals surface area contributed by atoms with Gasteiger partial charge in [0.25, 0.3) is 0 Å². The summed E-state index contributed by atoms with van der Waals surface area (Å²) in [6.07, 6.45) is -0.458. The molecular formula is C11H15IO4. The molecule has 90 valence electrons. The van der Waals surface area contributed by atoms with E-state index in [0.717, 1.165) is 20.6 Å². The van der Waals surface area contributed by atoms with Gasteiger partial charge in [-0.3, -0.25) is 0 Å².